The first-order chi connectivity index (χ1) is 49.5. The van der Waals surface area contributed by atoms with Gasteiger partial charge in [0.15, 0.2) is 5.82 Å². The van der Waals surface area contributed by atoms with Gasteiger partial charge in [0.2, 0.25) is 23.6 Å². The number of anilines is 2. The molecule has 5 heterocycles. The third kappa shape index (κ3) is 20.4. The number of carbonyl (C=O) groups excluding carboxylic acids is 7. The van der Waals surface area contributed by atoms with Crippen LogP contribution in [0.3, 0.4) is 0 Å². The van der Waals surface area contributed by atoms with Crippen LogP contribution in [0.1, 0.15) is 136 Å². The molecule has 5 aromatic carbocycles. The normalized spacial score (nSPS) is 14.7. The number of azo groups is 1. The highest BCUT2D eigenvalue weighted by Crippen LogP contribution is 2.30. The van der Waals surface area contributed by atoms with E-state index in [1.165, 1.54) is 46.3 Å². The van der Waals surface area contributed by atoms with Crippen LogP contribution in [0, 0.1) is 0 Å². The molecule has 2 aliphatic rings. The second kappa shape index (κ2) is 34.7. The van der Waals surface area contributed by atoms with Crippen LogP contribution in [0.4, 0.5) is 17.2 Å². The molecule has 10 N–H and O–H groups in total. The molecule has 0 bridgehead atoms. The van der Waals surface area contributed by atoms with E-state index in [4.69, 9.17) is 0 Å². The lowest BCUT2D eigenvalue weighted by atomic mass is 10.1. The number of hydrogen-bond donors (Lipinski definition) is 10. The van der Waals surface area contributed by atoms with Gasteiger partial charge in [-0.25, -0.2) is 15.0 Å². The van der Waals surface area contributed by atoms with Gasteiger partial charge in [-0.3, -0.25) is 47.7 Å². The first-order valence-electron chi connectivity index (χ1n) is 34.0. The summed E-state index contributed by atoms with van der Waals surface area (Å²) in [5.74, 6) is -3.96. The van der Waals surface area contributed by atoms with Crippen molar-refractivity contribution in [3.63, 3.8) is 0 Å². The standard InChI is InChI=1S/C72H82N16O14S/c1-85(43-62-79-53-18-8-9-19-54(53)80-62)69(96)45-23-26-51-49(35-45)41-87(71(98)58(77-51)37-65(90)91)33-15-5-3-13-31-73-64(89)30-28-57(83-67(94)48-25-29-61(75-39-48)84-76-40-47-17-7-12-22-60(47)103(100,101)102)68(95)74-32-14-4-6-16-34-88-42-50-36-46(24-27-52(50)78-59(72(88)99)38-66(92)93)70(97)86(2)44-63-81-55-20-10-11-21-56(55)82-63/h7-12,17-27,29,35-36,39,57-59,77-78H,3-6,13-16,28,30-34,37-38,40-44H2,1-2H3,(H,73,89)(H,74,95)(H,79,80)(H,81,82)(H,83,94)(H,90,91)(H,92,93)(H,100,101,102)/t57-,58?,59?/m0/s1. The van der Waals surface area contributed by atoms with Crippen LogP contribution in [0.5, 0.6) is 0 Å². The van der Waals surface area contributed by atoms with E-state index in [9.17, 15) is 66.3 Å². The van der Waals surface area contributed by atoms with Crippen LogP contribution in [-0.2, 0) is 71.6 Å². The average molecular weight is 1430 g/mol. The Balaban J connectivity index is 0.702. The molecule has 3 aromatic heterocycles. The minimum Gasteiger partial charge on any atom is -0.481 e. The number of aliphatic carboxylic acids is 2. The molecule has 103 heavy (non-hydrogen) atoms. The summed E-state index contributed by atoms with van der Waals surface area (Å²) >= 11 is 0. The van der Waals surface area contributed by atoms with Crippen molar-refractivity contribution in [2.24, 2.45) is 10.2 Å². The molecule has 8 aromatic rings. The van der Waals surface area contributed by atoms with E-state index in [0.717, 1.165) is 22.1 Å². The number of aromatic nitrogens is 5. The molecule has 3 atom stereocenters. The quantitative estimate of drug-likeness (QED) is 0.0105. The van der Waals surface area contributed by atoms with Gasteiger partial charge >= 0.3 is 11.9 Å². The third-order valence-electron chi connectivity index (χ3n) is 17.7. The van der Waals surface area contributed by atoms with E-state index in [0.29, 0.717) is 103 Å². The van der Waals surface area contributed by atoms with E-state index >= 15 is 0 Å². The van der Waals surface area contributed by atoms with Crippen LogP contribution in [0.2, 0.25) is 0 Å². The predicted molar refractivity (Wildman–Crippen MR) is 379 cm³/mol. The molecule has 0 aliphatic carbocycles. The van der Waals surface area contributed by atoms with Gasteiger partial charge in [0.25, 0.3) is 27.8 Å². The smallest absolute Gasteiger partial charge is 0.305 e. The summed E-state index contributed by atoms with van der Waals surface area (Å²) in [6.45, 7) is 1.54. The molecule has 7 amide bonds. The molecule has 0 spiro atoms. The highest BCUT2D eigenvalue weighted by Gasteiger charge is 2.34. The number of unbranched alkanes of at least 4 members (excludes halogenated alkanes) is 6. The fourth-order valence-corrected chi connectivity index (χ4v) is 13.1. The van der Waals surface area contributed by atoms with Crippen molar-refractivity contribution < 1.29 is 66.3 Å². The number of carboxylic acids is 2. The minimum atomic E-state index is -4.52. The van der Waals surface area contributed by atoms with Crippen LogP contribution < -0.4 is 26.6 Å². The van der Waals surface area contributed by atoms with Crippen molar-refractivity contribution in [1.82, 2.24) is 60.5 Å². The Morgan fingerprint density at radius 2 is 1.12 bits per heavy atom. The summed E-state index contributed by atoms with van der Waals surface area (Å²) in [5, 5.41) is 42.2. The van der Waals surface area contributed by atoms with Crippen molar-refractivity contribution in [1.29, 1.82) is 0 Å². The summed E-state index contributed by atoms with van der Waals surface area (Å²) in [6.07, 6.45) is 4.75. The summed E-state index contributed by atoms with van der Waals surface area (Å²) in [5.41, 5.74) is 6.65. The Kier molecular flexibility index (Phi) is 25.0. The molecule has 540 valence electrons. The zero-order valence-corrected chi connectivity index (χ0v) is 57.8. The largest absolute Gasteiger partial charge is 0.481 e. The fourth-order valence-electron chi connectivity index (χ4n) is 12.4. The number of nitrogens with zero attached hydrogens (tertiary/aromatic N) is 9. The van der Waals surface area contributed by atoms with Crippen molar-refractivity contribution in [3.8, 4) is 0 Å². The number of carboxylic acid groups (broad SMARTS) is 2. The lowest BCUT2D eigenvalue weighted by Gasteiger charge is -2.24. The van der Waals surface area contributed by atoms with Crippen molar-refractivity contribution in [2.45, 2.75) is 133 Å². The Morgan fingerprint density at radius 3 is 1.62 bits per heavy atom. The second-order valence-corrected chi connectivity index (χ2v) is 26.9. The first kappa shape index (κ1) is 74.2. The zero-order chi connectivity index (χ0) is 73.2. The molecule has 31 heteroatoms. The number of aromatic amines is 2. The zero-order valence-electron chi connectivity index (χ0n) is 57.0. The van der Waals surface area contributed by atoms with Gasteiger partial charge in [-0.05, 0) is 128 Å². The van der Waals surface area contributed by atoms with Gasteiger partial charge in [0.1, 0.15) is 29.8 Å². The van der Waals surface area contributed by atoms with Gasteiger partial charge in [0.05, 0.1) is 65.0 Å². The van der Waals surface area contributed by atoms with Gasteiger partial charge in [-0.15, -0.1) is 5.11 Å². The number of amides is 7. The van der Waals surface area contributed by atoms with Crippen LogP contribution in [0.25, 0.3) is 22.1 Å². The number of benzene rings is 5. The molecular weight excluding hydrogens is 1340 g/mol. The van der Waals surface area contributed by atoms with Crippen LogP contribution in [-0.4, -0.2) is 179 Å². The molecule has 0 saturated heterocycles. The maximum atomic E-state index is 13.9. The number of rotatable bonds is 34. The fraction of sp³-hybridized carbons (Fsp3) is 0.361. The van der Waals surface area contributed by atoms with Gasteiger partial charge in [-0.1, -0.05) is 68.1 Å². The summed E-state index contributed by atoms with van der Waals surface area (Å²) in [4.78, 5) is 146. The number of imidazole rings is 2. The van der Waals surface area contributed by atoms with E-state index < -0.39 is 70.7 Å². The van der Waals surface area contributed by atoms with E-state index in [2.05, 4.69) is 61.7 Å². The van der Waals surface area contributed by atoms with Gasteiger partial charge in [0, 0.05) is 88.5 Å². The monoisotopic (exact) mass is 1430 g/mol. The van der Waals surface area contributed by atoms with Crippen LogP contribution in [0.15, 0.2) is 143 Å². The number of H-pyrrole nitrogens is 2. The summed E-state index contributed by atoms with van der Waals surface area (Å²) < 4.78 is 33.3. The summed E-state index contributed by atoms with van der Waals surface area (Å²) in [7, 11) is -1.18. The number of nitrogens with one attached hydrogen (secondary N) is 7. The van der Waals surface area contributed by atoms with E-state index in [1.807, 2.05) is 48.5 Å². The molecule has 2 aliphatic heterocycles. The highest BCUT2D eigenvalue weighted by atomic mass is 32.2. The average Bonchev–Trinajstić information content (AvgIpc) is 1.71. The van der Waals surface area contributed by atoms with Crippen molar-refractivity contribution in [2.75, 3.05) is 50.9 Å². The molecular formula is C72H82N16O14S. The number of hydrogen-bond acceptors (Lipinski definition) is 18. The number of carbonyl (C=O) groups is 9. The second-order valence-electron chi connectivity index (χ2n) is 25.5. The first-order valence-corrected chi connectivity index (χ1v) is 35.4. The molecule has 0 fully saturated rings. The maximum Gasteiger partial charge on any atom is 0.305 e. The molecule has 30 nitrogen and oxygen atoms in total. The Bertz CT molecular complexity index is 4520. The van der Waals surface area contributed by atoms with Crippen LogP contribution >= 0.6 is 0 Å². The van der Waals surface area contributed by atoms with Crippen molar-refractivity contribution in [3.05, 3.63) is 173 Å². The summed E-state index contributed by atoms with van der Waals surface area (Å²) in [6, 6.07) is 30.4. The van der Waals surface area contributed by atoms with Crippen molar-refractivity contribution >= 4 is 103 Å². The van der Waals surface area contributed by atoms with Gasteiger partial charge < -0.3 is 66.4 Å². The lowest BCUT2D eigenvalue weighted by Crippen LogP contribution is -2.47. The SMILES string of the molecule is CN(Cc1nc2ccccc2[nH]1)C(=O)c1ccc2c(c1)CN(CCCCCCNC(=O)CC[C@H](NC(=O)c1ccc(N=NCc3ccccc3S(=O)(=O)O)nc1)C(=O)NCCCCCCN1Cc3cc(C(=O)N(C)Cc4nc5ccccc5[nH]4)ccc3NC(CC(=O)O)C1=O)C(=O)C(CC(=O)O)N2. The van der Waals surface area contributed by atoms with E-state index in [1.54, 1.807) is 66.4 Å². The van der Waals surface area contributed by atoms with E-state index in [-0.39, 0.29) is 111 Å². The Hall–Kier alpha value is -11.5. The minimum absolute atomic E-state index is 0.0494. The Morgan fingerprint density at radius 1 is 0.621 bits per heavy atom. The lowest BCUT2D eigenvalue weighted by molar-refractivity contribution is -0.141. The predicted octanol–water partition coefficient (Wildman–Crippen LogP) is 7.74. The van der Waals surface area contributed by atoms with Gasteiger partial charge in [-0.2, -0.15) is 13.5 Å². The number of para-hydroxylation sites is 4. The molecule has 0 saturated carbocycles. The highest BCUT2D eigenvalue weighted by molar-refractivity contribution is 7.85. The number of fused-ring (bicyclic) bond motifs is 4. The molecule has 10 rings (SSSR count). The topological polar surface area (TPSA) is 417 Å². The maximum absolute atomic E-state index is 13.9. The number of pyridine rings is 1. The molecule has 0 radical (unpaired) electrons. The Labute approximate surface area is 593 Å². The third-order valence-corrected chi connectivity index (χ3v) is 18.6. The molecule has 2 unspecified atom stereocenters.